The molecule has 1 aromatic carbocycles. The zero-order chi connectivity index (χ0) is 22.3. The molecule has 3 heterocycles. The second-order valence-corrected chi connectivity index (χ2v) is 7.50. The molecule has 3 aromatic heterocycles. The van der Waals surface area contributed by atoms with Crippen LogP contribution in [0.15, 0.2) is 70.1 Å². The Morgan fingerprint density at radius 2 is 1.97 bits per heavy atom. The number of carbonyl (C=O) groups excluding carboxylic acids is 1. The lowest BCUT2D eigenvalue weighted by molar-refractivity contribution is -0.116. The third kappa shape index (κ3) is 5.21. The number of furan rings is 1. The summed E-state index contributed by atoms with van der Waals surface area (Å²) in [5, 5.41) is 7.43. The normalized spacial score (nSPS) is 10.9. The predicted octanol–water partition coefficient (Wildman–Crippen LogP) is 4.13. The monoisotopic (exact) mass is 431 g/mol. The zero-order valence-electron chi connectivity index (χ0n) is 17.9. The number of rotatable bonds is 9. The molecule has 164 valence electrons. The second-order valence-electron chi connectivity index (χ2n) is 7.50. The van der Waals surface area contributed by atoms with Crippen LogP contribution in [0.25, 0.3) is 17.4 Å². The zero-order valence-corrected chi connectivity index (χ0v) is 17.9. The molecule has 0 radical (unpaired) electrons. The molecular weight excluding hydrogens is 406 g/mol. The summed E-state index contributed by atoms with van der Waals surface area (Å²) in [6, 6.07) is 16.8. The fourth-order valence-corrected chi connectivity index (χ4v) is 3.46. The van der Waals surface area contributed by atoms with E-state index in [-0.39, 0.29) is 17.4 Å². The van der Waals surface area contributed by atoms with Crippen LogP contribution < -0.4 is 10.9 Å². The van der Waals surface area contributed by atoms with Gasteiger partial charge in [-0.1, -0.05) is 43.7 Å². The lowest BCUT2D eigenvalue weighted by atomic mass is 10.1. The third-order valence-corrected chi connectivity index (χ3v) is 4.95. The third-order valence-electron chi connectivity index (χ3n) is 4.95. The molecule has 0 aliphatic heterocycles. The molecule has 4 rings (SSSR count). The first-order valence-corrected chi connectivity index (χ1v) is 10.7. The van der Waals surface area contributed by atoms with Gasteiger partial charge in [0.25, 0.3) is 5.56 Å². The topological polar surface area (TPSA) is 106 Å². The summed E-state index contributed by atoms with van der Waals surface area (Å²) < 4.78 is 6.89. The number of nitrogens with zero attached hydrogens (tertiary/aromatic N) is 3. The van der Waals surface area contributed by atoms with Gasteiger partial charge < -0.3 is 9.73 Å². The van der Waals surface area contributed by atoms with Crippen LogP contribution in [0, 0.1) is 0 Å². The lowest BCUT2D eigenvalue weighted by Crippen LogP contribution is -2.19. The molecule has 1 amide bonds. The van der Waals surface area contributed by atoms with E-state index in [4.69, 9.17) is 4.42 Å². The van der Waals surface area contributed by atoms with Crippen molar-refractivity contribution >= 4 is 11.7 Å². The summed E-state index contributed by atoms with van der Waals surface area (Å²) in [6.07, 6.45) is 4.98. The highest BCUT2D eigenvalue weighted by molar-refractivity contribution is 5.90. The van der Waals surface area contributed by atoms with Crippen molar-refractivity contribution in [3.8, 4) is 17.4 Å². The van der Waals surface area contributed by atoms with Crippen LogP contribution in [0.3, 0.4) is 0 Å². The minimum Gasteiger partial charge on any atom is -0.463 e. The standard InChI is InChI=1S/C24H25N5O3/c1-2-8-18-15-23(31)27-24(25-18)29-21(16-19(28-29)20-12-7-14-32-20)26-22(30)13-6-11-17-9-4-3-5-10-17/h3-5,7,9-10,12,14-16H,2,6,8,11,13H2,1H3,(H,26,30)(H,25,27,31). The average molecular weight is 431 g/mol. The first-order chi connectivity index (χ1) is 15.6. The van der Waals surface area contributed by atoms with Crippen LogP contribution in [0.2, 0.25) is 0 Å². The van der Waals surface area contributed by atoms with Gasteiger partial charge >= 0.3 is 0 Å². The van der Waals surface area contributed by atoms with Gasteiger partial charge in [-0.25, -0.2) is 4.98 Å². The first kappa shape index (κ1) is 21.3. The maximum absolute atomic E-state index is 12.7. The minimum atomic E-state index is -0.270. The average Bonchev–Trinajstić information content (AvgIpc) is 3.44. The molecule has 0 unspecified atom stereocenters. The van der Waals surface area contributed by atoms with E-state index in [0.717, 1.165) is 19.3 Å². The van der Waals surface area contributed by atoms with Crippen molar-refractivity contribution < 1.29 is 9.21 Å². The van der Waals surface area contributed by atoms with Crippen molar-refractivity contribution in [1.82, 2.24) is 19.7 Å². The van der Waals surface area contributed by atoms with Crippen LogP contribution in [-0.2, 0) is 17.6 Å². The Labute approximate surface area is 185 Å². The molecule has 0 spiro atoms. The molecule has 0 aliphatic rings. The van der Waals surface area contributed by atoms with E-state index in [9.17, 15) is 9.59 Å². The Morgan fingerprint density at radius 3 is 2.72 bits per heavy atom. The van der Waals surface area contributed by atoms with Gasteiger partial charge in [0.05, 0.1) is 6.26 Å². The summed E-state index contributed by atoms with van der Waals surface area (Å²) >= 11 is 0. The molecule has 32 heavy (non-hydrogen) atoms. The van der Waals surface area contributed by atoms with Crippen LogP contribution in [0.4, 0.5) is 5.82 Å². The number of anilines is 1. The number of hydrogen-bond acceptors (Lipinski definition) is 5. The van der Waals surface area contributed by atoms with E-state index in [2.05, 4.69) is 20.4 Å². The van der Waals surface area contributed by atoms with E-state index < -0.39 is 0 Å². The van der Waals surface area contributed by atoms with Gasteiger partial charge in [-0.2, -0.15) is 9.78 Å². The second kappa shape index (κ2) is 9.91. The Bertz CT molecular complexity index is 1230. The highest BCUT2D eigenvalue weighted by atomic mass is 16.3. The summed E-state index contributed by atoms with van der Waals surface area (Å²) in [5.74, 6) is 1.08. The molecular formula is C24H25N5O3. The van der Waals surface area contributed by atoms with E-state index in [1.54, 1.807) is 24.5 Å². The summed E-state index contributed by atoms with van der Waals surface area (Å²) in [6.45, 7) is 2.02. The summed E-state index contributed by atoms with van der Waals surface area (Å²) in [4.78, 5) is 32.0. The molecule has 8 heteroatoms. The highest BCUT2D eigenvalue weighted by Crippen LogP contribution is 2.24. The van der Waals surface area contributed by atoms with Crippen molar-refractivity contribution in [2.75, 3.05) is 5.32 Å². The van der Waals surface area contributed by atoms with Gasteiger partial charge in [-0.3, -0.25) is 14.6 Å². The van der Waals surface area contributed by atoms with Crippen molar-refractivity contribution in [3.63, 3.8) is 0 Å². The van der Waals surface area contributed by atoms with E-state index in [1.807, 2.05) is 37.3 Å². The maximum atomic E-state index is 12.7. The fourth-order valence-electron chi connectivity index (χ4n) is 3.46. The predicted molar refractivity (Wildman–Crippen MR) is 122 cm³/mol. The molecule has 0 fully saturated rings. The molecule has 0 saturated carbocycles. The maximum Gasteiger partial charge on any atom is 0.252 e. The lowest BCUT2D eigenvalue weighted by Gasteiger charge is -2.09. The Balaban J connectivity index is 1.57. The molecule has 0 saturated heterocycles. The van der Waals surface area contributed by atoms with Crippen LogP contribution >= 0.6 is 0 Å². The number of hydrogen-bond donors (Lipinski definition) is 2. The summed E-state index contributed by atoms with van der Waals surface area (Å²) in [7, 11) is 0. The van der Waals surface area contributed by atoms with Gasteiger partial charge in [0.1, 0.15) is 11.5 Å². The number of amides is 1. The van der Waals surface area contributed by atoms with Gasteiger partial charge in [-0.15, -0.1) is 0 Å². The first-order valence-electron chi connectivity index (χ1n) is 10.7. The van der Waals surface area contributed by atoms with Crippen LogP contribution in [-0.4, -0.2) is 25.7 Å². The SMILES string of the molecule is CCCc1cc(=O)[nH]c(-n2nc(-c3ccco3)cc2NC(=O)CCCc2ccccc2)n1. The number of carbonyl (C=O) groups is 1. The van der Waals surface area contributed by atoms with Gasteiger partial charge in [-0.05, 0) is 37.0 Å². The highest BCUT2D eigenvalue weighted by Gasteiger charge is 2.17. The van der Waals surface area contributed by atoms with Crippen molar-refractivity contribution in [3.05, 3.63) is 82.5 Å². The van der Waals surface area contributed by atoms with Crippen molar-refractivity contribution in [2.24, 2.45) is 0 Å². The smallest absolute Gasteiger partial charge is 0.252 e. The molecule has 4 aromatic rings. The van der Waals surface area contributed by atoms with Gasteiger partial charge in [0, 0.05) is 24.2 Å². The van der Waals surface area contributed by atoms with Crippen molar-refractivity contribution in [2.45, 2.75) is 39.0 Å². The number of H-pyrrole nitrogens is 1. The van der Waals surface area contributed by atoms with Crippen molar-refractivity contribution in [1.29, 1.82) is 0 Å². The van der Waals surface area contributed by atoms with Gasteiger partial charge in [0.15, 0.2) is 5.76 Å². The minimum absolute atomic E-state index is 0.139. The van der Waals surface area contributed by atoms with E-state index >= 15 is 0 Å². The number of aromatic nitrogens is 4. The quantitative estimate of drug-likeness (QED) is 0.414. The summed E-state index contributed by atoms with van der Waals surface area (Å²) in [5.41, 5.74) is 2.12. The van der Waals surface area contributed by atoms with E-state index in [1.165, 1.54) is 16.3 Å². The fraction of sp³-hybridized carbons (Fsp3) is 0.250. The van der Waals surface area contributed by atoms with Crippen LogP contribution in [0.1, 0.15) is 37.4 Å². The largest absolute Gasteiger partial charge is 0.463 e. The number of aromatic amines is 1. The molecule has 0 atom stereocenters. The van der Waals surface area contributed by atoms with Gasteiger partial charge in [0.2, 0.25) is 11.9 Å². The van der Waals surface area contributed by atoms with E-state index in [0.29, 0.717) is 35.8 Å². The molecule has 8 nitrogen and oxygen atoms in total. The Kier molecular flexibility index (Phi) is 6.60. The number of aryl methyl sites for hydroxylation is 2. The molecule has 0 bridgehead atoms. The molecule has 0 aliphatic carbocycles. The Hall–Kier alpha value is -3.94. The number of benzene rings is 1. The van der Waals surface area contributed by atoms with Crippen LogP contribution in [0.5, 0.6) is 0 Å². The number of nitrogens with one attached hydrogen (secondary N) is 2. The Morgan fingerprint density at radius 1 is 1.12 bits per heavy atom. The molecule has 2 N–H and O–H groups in total.